The van der Waals surface area contributed by atoms with Gasteiger partial charge in [0.1, 0.15) is 0 Å². The zero-order chi connectivity index (χ0) is 17.9. The first-order valence-corrected chi connectivity index (χ1v) is 9.18. The topological polar surface area (TPSA) is 89.1 Å². The molecular formula is C17H31N3O5. The molecule has 2 heterocycles. The third kappa shape index (κ3) is 7.17. The summed E-state index contributed by atoms with van der Waals surface area (Å²) < 4.78 is 15.6. The van der Waals surface area contributed by atoms with E-state index in [9.17, 15) is 9.59 Å². The lowest BCUT2D eigenvalue weighted by atomic mass is 9.97. The van der Waals surface area contributed by atoms with Gasteiger partial charge in [0.05, 0.1) is 26.9 Å². The minimum Gasteiger partial charge on any atom is -0.469 e. The standard InChI is InChI=1S/C17H31N3O5/c1-23-16(21)4-2-3-6-18-17(22)19-12-15(14-5-9-25-13-14)20-7-10-24-11-8-20/h14-15H,2-13H2,1H3,(H2,18,19,22). The highest BCUT2D eigenvalue weighted by Gasteiger charge is 2.31. The van der Waals surface area contributed by atoms with Gasteiger partial charge in [-0.1, -0.05) is 0 Å². The van der Waals surface area contributed by atoms with E-state index in [0.717, 1.165) is 52.4 Å². The molecule has 0 aliphatic carbocycles. The molecule has 2 aliphatic heterocycles. The number of methoxy groups -OCH3 is 1. The minimum absolute atomic E-state index is 0.157. The zero-order valence-electron chi connectivity index (χ0n) is 15.1. The lowest BCUT2D eigenvalue weighted by Gasteiger charge is -2.37. The molecular weight excluding hydrogens is 326 g/mol. The summed E-state index contributed by atoms with van der Waals surface area (Å²) >= 11 is 0. The summed E-state index contributed by atoms with van der Waals surface area (Å²) in [7, 11) is 1.38. The van der Waals surface area contributed by atoms with Gasteiger partial charge < -0.3 is 24.8 Å². The van der Waals surface area contributed by atoms with Gasteiger partial charge in [-0.25, -0.2) is 4.79 Å². The first kappa shape index (κ1) is 19.9. The number of hydrogen-bond acceptors (Lipinski definition) is 6. The summed E-state index contributed by atoms with van der Waals surface area (Å²) in [6.07, 6.45) is 2.90. The van der Waals surface area contributed by atoms with Crippen LogP contribution in [0.2, 0.25) is 0 Å². The second-order valence-electron chi connectivity index (χ2n) is 6.51. The first-order valence-electron chi connectivity index (χ1n) is 9.18. The van der Waals surface area contributed by atoms with Gasteiger partial charge in [-0.05, 0) is 19.3 Å². The van der Waals surface area contributed by atoms with Crippen LogP contribution in [0.1, 0.15) is 25.7 Å². The monoisotopic (exact) mass is 357 g/mol. The third-order valence-electron chi connectivity index (χ3n) is 4.82. The molecule has 0 aromatic carbocycles. The van der Waals surface area contributed by atoms with Gasteiger partial charge >= 0.3 is 12.0 Å². The molecule has 0 saturated carbocycles. The molecule has 2 N–H and O–H groups in total. The SMILES string of the molecule is COC(=O)CCCCNC(=O)NCC(C1CCOC1)N1CCOCC1. The Hall–Kier alpha value is -1.38. The van der Waals surface area contributed by atoms with Crippen LogP contribution in [0.3, 0.4) is 0 Å². The van der Waals surface area contributed by atoms with E-state index >= 15 is 0 Å². The van der Waals surface area contributed by atoms with E-state index in [1.165, 1.54) is 7.11 Å². The van der Waals surface area contributed by atoms with E-state index in [0.29, 0.717) is 31.8 Å². The van der Waals surface area contributed by atoms with Gasteiger partial charge in [-0.15, -0.1) is 0 Å². The summed E-state index contributed by atoms with van der Waals surface area (Å²) in [6.45, 7) is 6.03. The molecule has 2 rings (SSSR count). The van der Waals surface area contributed by atoms with Crippen molar-refractivity contribution < 1.29 is 23.8 Å². The van der Waals surface area contributed by atoms with Crippen LogP contribution in [-0.4, -0.2) is 82.7 Å². The lowest BCUT2D eigenvalue weighted by Crippen LogP contribution is -2.53. The van der Waals surface area contributed by atoms with E-state index in [1.807, 2.05) is 0 Å². The highest BCUT2D eigenvalue weighted by molar-refractivity contribution is 5.73. The van der Waals surface area contributed by atoms with Gasteiger partial charge in [0.15, 0.2) is 0 Å². The van der Waals surface area contributed by atoms with Crippen molar-refractivity contribution in [3.63, 3.8) is 0 Å². The van der Waals surface area contributed by atoms with E-state index in [1.54, 1.807) is 0 Å². The molecule has 2 amide bonds. The van der Waals surface area contributed by atoms with Crippen molar-refractivity contribution in [3.8, 4) is 0 Å². The van der Waals surface area contributed by atoms with Gasteiger partial charge in [0, 0.05) is 51.2 Å². The average molecular weight is 357 g/mol. The Morgan fingerprint density at radius 1 is 1.16 bits per heavy atom. The molecule has 2 saturated heterocycles. The zero-order valence-corrected chi connectivity index (χ0v) is 15.1. The number of urea groups is 1. The van der Waals surface area contributed by atoms with E-state index in [2.05, 4.69) is 20.3 Å². The predicted molar refractivity (Wildman–Crippen MR) is 92.4 cm³/mol. The Bertz CT molecular complexity index is 409. The largest absolute Gasteiger partial charge is 0.469 e. The fourth-order valence-electron chi connectivity index (χ4n) is 3.32. The molecule has 2 atom stereocenters. The number of nitrogens with one attached hydrogen (secondary N) is 2. The van der Waals surface area contributed by atoms with Crippen LogP contribution in [0, 0.1) is 5.92 Å². The van der Waals surface area contributed by atoms with Crippen molar-refractivity contribution in [1.29, 1.82) is 0 Å². The van der Waals surface area contributed by atoms with Crippen LogP contribution in [0.5, 0.6) is 0 Å². The number of morpholine rings is 1. The van der Waals surface area contributed by atoms with Crippen molar-refractivity contribution >= 4 is 12.0 Å². The molecule has 0 bridgehead atoms. The van der Waals surface area contributed by atoms with Crippen LogP contribution in [0.25, 0.3) is 0 Å². The number of nitrogens with zero attached hydrogens (tertiary/aromatic N) is 1. The maximum atomic E-state index is 12.0. The lowest BCUT2D eigenvalue weighted by molar-refractivity contribution is -0.140. The summed E-state index contributed by atoms with van der Waals surface area (Å²) in [5.74, 6) is 0.245. The summed E-state index contributed by atoms with van der Waals surface area (Å²) in [6, 6.07) is 0.131. The molecule has 8 nitrogen and oxygen atoms in total. The van der Waals surface area contributed by atoms with E-state index in [-0.39, 0.29) is 18.0 Å². The Morgan fingerprint density at radius 2 is 1.96 bits per heavy atom. The quantitative estimate of drug-likeness (QED) is 0.458. The molecule has 2 aliphatic rings. The smallest absolute Gasteiger partial charge is 0.314 e. The second kappa shape index (κ2) is 11.3. The summed E-state index contributed by atoms with van der Waals surface area (Å²) in [5, 5.41) is 5.83. The average Bonchev–Trinajstić information content (AvgIpc) is 3.16. The summed E-state index contributed by atoms with van der Waals surface area (Å²) in [5.41, 5.74) is 0. The van der Waals surface area contributed by atoms with Crippen molar-refractivity contribution in [2.75, 3.05) is 59.7 Å². The maximum absolute atomic E-state index is 12.0. The normalized spacial score (nSPS) is 22.4. The Labute approximate surface area is 149 Å². The number of esters is 1. The molecule has 2 fully saturated rings. The first-order chi connectivity index (χ1) is 12.2. The molecule has 0 aromatic heterocycles. The van der Waals surface area contributed by atoms with Crippen molar-refractivity contribution in [2.24, 2.45) is 5.92 Å². The van der Waals surface area contributed by atoms with Crippen LogP contribution >= 0.6 is 0 Å². The van der Waals surface area contributed by atoms with Crippen LogP contribution in [0.15, 0.2) is 0 Å². The van der Waals surface area contributed by atoms with Crippen LogP contribution in [0.4, 0.5) is 4.79 Å². The number of amides is 2. The number of rotatable bonds is 9. The molecule has 25 heavy (non-hydrogen) atoms. The second-order valence-corrected chi connectivity index (χ2v) is 6.51. The minimum atomic E-state index is -0.211. The Morgan fingerprint density at radius 3 is 2.64 bits per heavy atom. The molecule has 144 valence electrons. The fourth-order valence-corrected chi connectivity index (χ4v) is 3.32. The Kier molecular flexibility index (Phi) is 8.99. The van der Waals surface area contributed by atoms with Gasteiger partial charge in [0.2, 0.25) is 0 Å². The highest BCUT2D eigenvalue weighted by atomic mass is 16.5. The van der Waals surface area contributed by atoms with Gasteiger partial charge in [-0.3, -0.25) is 9.69 Å². The van der Waals surface area contributed by atoms with Crippen molar-refractivity contribution in [1.82, 2.24) is 15.5 Å². The molecule has 0 spiro atoms. The molecule has 0 radical (unpaired) electrons. The third-order valence-corrected chi connectivity index (χ3v) is 4.82. The van der Waals surface area contributed by atoms with Crippen molar-refractivity contribution in [3.05, 3.63) is 0 Å². The molecule has 0 aromatic rings. The molecule has 8 heteroatoms. The van der Waals surface area contributed by atoms with E-state index < -0.39 is 0 Å². The molecule has 2 unspecified atom stereocenters. The highest BCUT2D eigenvalue weighted by Crippen LogP contribution is 2.21. The van der Waals surface area contributed by atoms with E-state index in [4.69, 9.17) is 9.47 Å². The van der Waals surface area contributed by atoms with Gasteiger partial charge in [0.25, 0.3) is 0 Å². The fraction of sp³-hybridized carbons (Fsp3) is 0.882. The number of unbranched alkanes of at least 4 members (excludes halogenated alkanes) is 1. The number of carbonyl (C=O) groups is 2. The van der Waals surface area contributed by atoms with Crippen LogP contribution < -0.4 is 10.6 Å². The Balaban J connectivity index is 1.66. The van der Waals surface area contributed by atoms with Crippen molar-refractivity contribution in [2.45, 2.75) is 31.7 Å². The number of carbonyl (C=O) groups excluding carboxylic acids is 2. The predicted octanol–water partition coefficient (Wildman–Crippen LogP) is 0.366. The maximum Gasteiger partial charge on any atom is 0.314 e. The number of ether oxygens (including phenoxy) is 3. The van der Waals surface area contributed by atoms with Crippen LogP contribution in [-0.2, 0) is 19.0 Å². The number of hydrogen-bond donors (Lipinski definition) is 2. The van der Waals surface area contributed by atoms with Gasteiger partial charge in [-0.2, -0.15) is 0 Å². The summed E-state index contributed by atoms with van der Waals surface area (Å²) in [4.78, 5) is 25.4.